The standard InChI is InChI=1S/C39H56FN5O8/c1-22(2)28(19-23(3)35(50)53-45-29(46)17-18-30(45)47)43(13)34(49)31(37(4,5)6)41-33(48)32(44(14)36(51)52-38(7,8)9)39(10,11)26-21-42(12)27-16-15-24(40)20-25(26)27/h15-16,19-22,28,31-32H,17-18H2,1-14H3,(H,41,48)/b23-19+/t28-,31-,32-/m1/s1. The minimum atomic E-state index is -1.25. The second-order valence-electron chi connectivity index (χ2n) is 16.8. The summed E-state index contributed by atoms with van der Waals surface area (Å²) in [5, 5.41) is 3.98. The number of ether oxygens (including phenoxy) is 1. The van der Waals surface area contributed by atoms with Crippen molar-refractivity contribution in [2.24, 2.45) is 18.4 Å². The van der Waals surface area contributed by atoms with Gasteiger partial charge in [0.2, 0.25) is 11.8 Å². The maximum absolute atomic E-state index is 14.7. The van der Waals surface area contributed by atoms with E-state index in [2.05, 4.69) is 5.32 Å². The van der Waals surface area contributed by atoms with Crippen LogP contribution in [0.5, 0.6) is 0 Å². The Bertz CT molecular complexity index is 1780. The van der Waals surface area contributed by atoms with Gasteiger partial charge in [0, 0.05) is 62.1 Å². The van der Waals surface area contributed by atoms with E-state index in [1.807, 2.05) is 25.5 Å². The van der Waals surface area contributed by atoms with Crippen LogP contribution in [0.3, 0.4) is 0 Å². The van der Waals surface area contributed by atoms with E-state index < -0.39 is 76.1 Å². The summed E-state index contributed by atoms with van der Waals surface area (Å²) in [6.07, 6.45) is 2.46. The molecule has 1 aromatic carbocycles. The van der Waals surface area contributed by atoms with Gasteiger partial charge in [-0.1, -0.05) is 54.5 Å². The monoisotopic (exact) mass is 741 g/mol. The molecule has 292 valence electrons. The van der Waals surface area contributed by atoms with Gasteiger partial charge in [-0.15, -0.1) is 5.06 Å². The van der Waals surface area contributed by atoms with E-state index in [4.69, 9.17) is 9.57 Å². The molecule has 0 radical (unpaired) electrons. The molecule has 0 saturated carbocycles. The summed E-state index contributed by atoms with van der Waals surface area (Å²) >= 11 is 0. The quantitative estimate of drug-likeness (QED) is 0.238. The van der Waals surface area contributed by atoms with Gasteiger partial charge in [0.15, 0.2) is 0 Å². The van der Waals surface area contributed by atoms with Crippen LogP contribution >= 0.6 is 0 Å². The van der Waals surface area contributed by atoms with Gasteiger partial charge in [-0.25, -0.2) is 14.0 Å². The number of aryl methyl sites for hydroxylation is 1. The molecular weight excluding hydrogens is 685 g/mol. The van der Waals surface area contributed by atoms with Crippen molar-refractivity contribution < 1.29 is 42.7 Å². The van der Waals surface area contributed by atoms with Gasteiger partial charge in [0.05, 0.1) is 6.04 Å². The Balaban J connectivity index is 2.04. The number of rotatable bonds is 11. The van der Waals surface area contributed by atoms with Crippen LogP contribution in [0.15, 0.2) is 36.0 Å². The minimum Gasteiger partial charge on any atom is -0.444 e. The number of carbonyl (C=O) groups is 6. The molecule has 1 aliphatic rings. The highest BCUT2D eigenvalue weighted by atomic mass is 19.1. The maximum atomic E-state index is 14.7. The molecule has 2 heterocycles. The minimum absolute atomic E-state index is 0.0489. The highest BCUT2D eigenvalue weighted by Gasteiger charge is 2.47. The van der Waals surface area contributed by atoms with Crippen molar-refractivity contribution >= 4 is 46.6 Å². The van der Waals surface area contributed by atoms with Crippen LogP contribution in [0.2, 0.25) is 0 Å². The fourth-order valence-electron chi connectivity index (χ4n) is 6.56. The van der Waals surface area contributed by atoms with Crippen molar-refractivity contribution in [3.8, 4) is 0 Å². The summed E-state index contributed by atoms with van der Waals surface area (Å²) in [6.45, 7) is 19.2. The van der Waals surface area contributed by atoms with E-state index in [1.54, 1.807) is 74.7 Å². The maximum Gasteiger partial charge on any atom is 0.410 e. The van der Waals surface area contributed by atoms with Gasteiger partial charge in [0.1, 0.15) is 23.5 Å². The fraction of sp³-hybridized carbons (Fsp3) is 0.590. The Morgan fingerprint density at radius 3 is 2.02 bits per heavy atom. The second-order valence-corrected chi connectivity index (χ2v) is 16.8. The number of nitrogens with zero attached hydrogens (tertiary/aromatic N) is 4. The van der Waals surface area contributed by atoms with Crippen molar-refractivity contribution in [1.29, 1.82) is 0 Å². The predicted octanol–water partition coefficient (Wildman–Crippen LogP) is 5.40. The van der Waals surface area contributed by atoms with Gasteiger partial charge >= 0.3 is 12.1 Å². The first-order chi connectivity index (χ1) is 24.2. The molecule has 1 aliphatic heterocycles. The van der Waals surface area contributed by atoms with Gasteiger partial charge < -0.3 is 24.4 Å². The third-order valence-corrected chi connectivity index (χ3v) is 9.45. The van der Waals surface area contributed by atoms with Crippen LogP contribution in [0, 0.1) is 17.2 Å². The van der Waals surface area contributed by atoms with Crippen LogP contribution in [0.4, 0.5) is 9.18 Å². The zero-order chi connectivity index (χ0) is 40.5. The molecule has 1 N–H and O–H groups in total. The molecule has 1 fully saturated rings. The Kier molecular flexibility index (Phi) is 12.6. The Morgan fingerprint density at radius 1 is 0.943 bits per heavy atom. The zero-order valence-electron chi connectivity index (χ0n) is 33.5. The average molecular weight is 742 g/mol. The molecule has 2 aromatic rings. The largest absolute Gasteiger partial charge is 0.444 e. The molecule has 3 atom stereocenters. The normalized spacial score (nSPS) is 16.1. The van der Waals surface area contributed by atoms with E-state index >= 15 is 0 Å². The Labute approximate surface area is 311 Å². The number of benzene rings is 1. The molecule has 3 rings (SSSR count). The van der Waals surface area contributed by atoms with E-state index in [9.17, 15) is 33.2 Å². The highest BCUT2D eigenvalue weighted by Crippen LogP contribution is 2.37. The molecule has 1 aromatic heterocycles. The van der Waals surface area contributed by atoms with Gasteiger partial charge in [0.25, 0.3) is 11.8 Å². The van der Waals surface area contributed by atoms with Crippen molar-refractivity contribution in [3.63, 3.8) is 0 Å². The smallest absolute Gasteiger partial charge is 0.410 e. The molecule has 13 nitrogen and oxygen atoms in total. The van der Waals surface area contributed by atoms with Crippen LogP contribution in [0.25, 0.3) is 10.9 Å². The number of likely N-dealkylation sites (N-methyl/N-ethyl adjacent to an activating group) is 2. The van der Waals surface area contributed by atoms with E-state index in [0.29, 0.717) is 16.0 Å². The van der Waals surface area contributed by atoms with Crippen LogP contribution < -0.4 is 5.32 Å². The molecule has 5 amide bonds. The molecule has 1 saturated heterocycles. The molecule has 0 bridgehead atoms. The van der Waals surface area contributed by atoms with Crippen molar-refractivity contribution in [3.05, 3.63) is 47.4 Å². The Morgan fingerprint density at radius 2 is 1.51 bits per heavy atom. The lowest BCUT2D eigenvalue weighted by Crippen LogP contribution is -2.63. The second kappa shape index (κ2) is 15.7. The number of carbonyl (C=O) groups excluding carboxylic acids is 6. The number of fused-ring (bicyclic) bond motifs is 1. The highest BCUT2D eigenvalue weighted by molar-refractivity contribution is 6.02. The summed E-state index contributed by atoms with van der Waals surface area (Å²) < 4.78 is 22.1. The van der Waals surface area contributed by atoms with Crippen molar-refractivity contribution in [2.45, 2.75) is 118 Å². The zero-order valence-corrected chi connectivity index (χ0v) is 33.5. The number of imide groups is 1. The first kappa shape index (κ1) is 42.7. The summed E-state index contributed by atoms with van der Waals surface area (Å²) in [7, 11) is 4.82. The third kappa shape index (κ3) is 9.63. The van der Waals surface area contributed by atoms with Crippen LogP contribution in [0.1, 0.15) is 94.6 Å². The summed E-state index contributed by atoms with van der Waals surface area (Å²) in [5.74, 6) is -3.94. The lowest BCUT2D eigenvalue weighted by Gasteiger charge is -2.42. The van der Waals surface area contributed by atoms with Gasteiger partial charge in [-0.2, -0.15) is 0 Å². The van der Waals surface area contributed by atoms with Crippen LogP contribution in [-0.4, -0.2) is 92.9 Å². The predicted molar refractivity (Wildman–Crippen MR) is 197 cm³/mol. The van der Waals surface area contributed by atoms with E-state index in [-0.39, 0.29) is 24.3 Å². The average Bonchev–Trinajstić information content (AvgIpc) is 3.53. The number of hydrogen-bond donors (Lipinski definition) is 1. The van der Waals surface area contributed by atoms with Gasteiger partial charge in [-0.05, 0) is 62.8 Å². The number of nitrogens with one attached hydrogen (secondary N) is 1. The summed E-state index contributed by atoms with van der Waals surface area (Å²) in [4.78, 5) is 87.4. The lowest BCUT2D eigenvalue weighted by atomic mass is 9.76. The van der Waals surface area contributed by atoms with E-state index in [1.165, 1.54) is 42.0 Å². The topological polar surface area (TPSA) is 148 Å². The summed E-state index contributed by atoms with van der Waals surface area (Å²) in [6, 6.07) is 1.34. The number of aromatic nitrogens is 1. The number of halogens is 1. The van der Waals surface area contributed by atoms with Gasteiger partial charge in [-0.3, -0.25) is 24.1 Å². The molecule has 0 aliphatic carbocycles. The number of amides is 5. The molecule has 0 unspecified atom stereocenters. The first-order valence-electron chi connectivity index (χ1n) is 17.7. The molecule has 53 heavy (non-hydrogen) atoms. The first-order valence-corrected chi connectivity index (χ1v) is 17.7. The molecular formula is C39H56FN5O8. The number of hydroxylamine groups is 2. The van der Waals surface area contributed by atoms with Crippen molar-refractivity contribution in [2.75, 3.05) is 14.1 Å². The number of hydrogen-bond acceptors (Lipinski definition) is 8. The molecule has 14 heteroatoms. The third-order valence-electron chi connectivity index (χ3n) is 9.45. The SMILES string of the molecule is C/C(=C\[C@H](C(C)C)N(C)C(=O)[C@@H](NC(=O)[C@@H](N(C)C(=O)OC(C)(C)C)C(C)(C)c1cn(C)c2ccc(F)cc12)C(C)(C)C)C(=O)ON1C(=O)CCC1=O. The van der Waals surface area contributed by atoms with Crippen LogP contribution in [-0.2, 0) is 46.0 Å². The fourth-order valence-corrected chi connectivity index (χ4v) is 6.56. The lowest BCUT2D eigenvalue weighted by molar-refractivity contribution is -0.194. The van der Waals surface area contributed by atoms with E-state index in [0.717, 1.165) is 5.52 Å². The van der Waals surface area contributed by atoms with Crippen molar-refractivity contribution in [1.82, 2.24) is 24.7 Å². The Hall–Kier alpha value is -4.75. The summed E-state index contributed by atoms with van der Waals surface area (Å²) in [5.41, 5.74) is -1.49. The molecule has 0 spiro atoms.